The molecule has 1 aliphatic rings. The number of aromatic nitrogens is 3. The molecule has 0 unspecified atom stereocenters. The monoisotopic (exact) mass is 395 g/mol. The van der Waals surface area contributed by atoms with Gasteiger partial charge in [0.2, 0.25) is 5.91 Å². The Morgan fingerprint density at radius 1 is 1.17 bits per heavy atom. The van der Waals surface area contributed by atoms with E-state index in [1.807, 2.05) is 0 Å². The average molecular weight is 395 g/mol. The molecule has 29 heavy (non-hydrogen) atoms. The van der Waals surface area contributed by atoms with E-state index in [0.29, 0.717) is 42.4 Å². The van der Waals surface area contributed by atoms with E-state index in [0.717, 1.165) is 0 Å². The number of hydrogen-bond acceptors (Lipinski definition) is 6. The van der Waals surface area contributed by atoms with Crippen LogP contribution in [0.5, 0.6) is 0 Å². The molecule has 9 heteroatoms. The van der Waals surface area contributed by atoms with Gasteiger partial charge in [0.25, 0.3) is 11.5 Å². The second-order valence-corrected chi connectivity index (χ2v) is 7.03. The van der Waals surface area contributed by atoms with Crippen molar-refractivity contribution in [2.45, 2.75) is 31.8 Å². The van der Waals surface area contributed by atoms with Crippen LogP contribution in [0.25, 0.3) is 10.9 Å². The molecule has 1 aliphatic heterocycles. The lowest BCUT2D eigenvalue weighted by atomic mass is 10.0. The maximum Gasteiger partial charge on any atom is 0.277 e. The highest BCUT2D eigenvalue weighted by molar-refractivity contribution is 5.93. The number of carbonyl (C=O) groups is 2. The first-order valence-corrected chi connectivity index (χ1v) is 9.55. The summed E-state index contributed by atoms with van der Waals surface area (Å²) in [7, 11) is 0. The molecule has 0 spiro atoms. The first-order chi connectivity index (χ1) is 14.1. The third kappa shape index (κ3) is 4.18. The van der Waals surface area contributed by atoms with Crippen LogP contribution in [-0.2, 0) is 11.3 Å². The summed E-state index contributed by atoms with van der Waals surface area (Å²) in [5.74, 6) is -0.204. The number of rotatable bonds is 5. The zero-order valence-corrected chi connectivity index (χ0v) is 15.8. The number of nitrogens with one attached hydrogen (secondary N) is 1. The molecule has 3 heterocycles. The van der Waals surface area contributed by atoms with E-state index in [-0.39, 0.29) is 36.4 Å². The summed E-state index contributed by atoms with van der Waals surface area (Å²) in [6.45, 7) is 1.31. The van der Waals surface area contributed by atoms with Gasteiger partial charge in [-0.1, -0.05) is 17.3 Å². The molecule has 1 fully saturated rings. The third-order valence-corrected chi connectivity index (χ3v) is 5.10. The normalized spacial score (nSPS) is 14.8. The maximum atomic E-state index is 12.4. The molecule has 1 aromatic carbocycles. The number of fused-ring (bicyclic) bond motifs is 1. The molecule has 0 atom stereocenters. The number of furan rings is 1. The van der Waals surface area contributed by atoms with Crippen LogP contribution in [0.3, 0.4) is 0 Å². The van der Waals surface area contributed by atoms with E-state index in [1.54, 1.807) is 35.2 Å². The summed E-state index contributed by atoms with van der Waals surface area (Å²) in [6.07, 6.45) is 4.43. The van der Waals surface area contributed by atoms with Crippen LogP contribution in [0, 0.1) is 0 Å². The minimum Gasteiger partial charge on any atom is -0.472 e. The Morgan fingerprint density at radius 2 is 1.97 bits per heavy atom. The van der Waals surface area contributed by atoms with Gasteiger partial charge in [-0.05, 0) is 31.0 Å². The quantitative estimate of drug-likeness (QED) is 0.695. The molecule has 9 nitrogen and oxygen atoms in total. The van der Waals surface area contributed by atoms with Gasteiger partial charge in [-0.2, -0.15) is 0 Å². The highest BCUT2D eigenvalue weighted by atomic mass is 16.3. The van der Waals surface area contributed by atoms with Gasteiger partial charge in [-0.25, -0.2) is 4.68 Å². The molecule has 1 N–H and O–H groups in total. The molecule has 0 aliphatic carbocycles. The fourth-order valence-electron chi connectivity index (χ4n) is 3.47. The van der Waals surface area contributed by atoms with Crippen molar-refractivity contribution >= 4 is 22.7 Å². The Bertz CT molecular complexity index is 1070. The zero-order valence-electron chi connectivity index (χ0n) is 15.8. The molecule has 0 saturated carbocycles. The van der Waals surface area contributed by atoms with Gasteiger partial charge in [0.05, 0.1) is 23.8 Å². The van der Waals surface area contributed by atoms with Gasteiger partial charge < -0.3 is 14.6 Å². The van der Waals surface area contributed by atoms with Gasteiger partial charge in [-0.3, -0.25) is 14.4 Å². The van der Waals surface area contributed by atoms with Crippen LogP contribution in [0.15, 0.2) is 52.1 Å². The molecule has 0 bridgehead atoms. The Hall–Kier alpha value is -3.49. The zero-order chi connectivity index (χ0) is 20.2. The Labute approximate surface area is 166 Å². The smallest absolute Gasteiger partial charge is 0.277 e. The molecule has 0 radical (unpaired) electrons. The summed E-state index contributed by atoms with van der Waals surface area (Å²) in [6, 6.07) is 8.64. The van der Waals surface area contributed by atoms with Gasteiger partial charge in [0.1, 0.15) is 11.8 Å². The highest BCUT2D eigenvalue weighted by Gasteiger charge is 2.25. The van der Waals surface area contributed by atoms with Gasteiger partial charge in [0, 0.05) is 25.6 Å². The molecular formula is C20H21N5O4. The van der Waals surface area contributed by atoms with Gasteiger partial charge in [0.15, 0.2) is 0 Å². The average Bonchev–Trinajstić information content (AvgIpc) is 3.28. The summed E-state index contributed by atoms with van der Waals surface area (Å²) < 4.78 is 6.17. The molecule has 2 aromatic heterocycles. The second kappa shape index (κ2) is 8.26. The van der Waals surface area contributed by atoms with Crippen molar-refractivity contribution in [1.29, 1.82) is 0 Å². The summed E-state index contributed by atoms with van der Waals surface area (Å²) in [5, 5.41) is 11.4. The van der Waals surface area contributed by atoms with E-state index in [2.05, 4.69) is 15.6 Å². The van der Waals surface area contributed by atoms with E-state index < -0.39 is 0 Å². The summed E-state index contributed by atoms with van der Waals surface area (Å²) in [5.41, 5.74) is 0.818. The number of hydrogen-bond donors (Lipinski definition) is 1. The SMILES string of the molecule is O=C(CCn1nnc2ccccc2c1=O)NC1CCN(C(=O)c2ccoc2)CC1. The van der Waals surface area contributed by atoms with Crippen molar-refractivity contribution < 1.29 is 14.0 Å². The Balaban J connectivity index is 1.27. The predicted molar refractivity (Wildman–Crippen MR) is 104 cm³/mol. The maximum absolute atomic E-state index is 12.4. The Kier molecular flexibility index (Phi) is 5.37. The van der Waals surface area contributed by atoms with Crippen molar-refractivity contribution in [1.82, 2.24) is 25.2 Å². The molecule has 4 rings (SSSR count). The minimum absolute atomic E-state index is 0.00955. The van der Waals surface area contributed by atoms with Crippen molar-refractivity contribution in [3.05, 3.63) is 58.8 Å². The molecular weight excluding hydrogens is 374 g/mol. The molecule has 150 valence electrons. The predicted octanol–water partition coefficient (Wildman–Crippen LogP) is 1.20. The number of carbonyl (C=O) groups excluding carboxylic acids is 2. The fourth-order valence-corrected chi connectivity index (χ4v) is 3.47. The number of aryl methyl sites for hydroxylation is 1. The van der Waals surface area contributed by atoms with E-state index in [1.165, 1.54) is 17.2 Å². The van der Waals surface area contributed by atoms with Crippen LogP contribution in [0.2, 0.25) is 0 Å². The topological polar surface area (TPSA) is 110 Å². The number of piperidine rings is 1. The largest absolute Gasteiger partial charge is 0.472 e. The lowest BCUT2D eigenvalue weighted by molar-refractivity contribution is -0.122. The number of amides is 2. The highest BCUT2D eigenvalue weighted by Crippen LogP contribution is 2.14. The number of nitrogens with zero attached hydrogens (tertiary/aromatic N) is 4. The van der Waals surface area contributed by atoms with Crippen molar-refractivity contribution in [2.24, 2.45) is 0 Å². The van der Waals surface area contributed by atoms with Crippen molar-refractivity contribution in [2.75, 3.05) is 13.1 Å². The first kappa shape index (κ1) is 18.9. The van der Waals surface area contributed by atoms with Gasteiger partial charge in [-0.15, -0.1) is 5.10 Å². The molecule has 1 saturated heterocycles. The summed E-state index contributed by atoms with van der Waals surface area (Å²) in [4.78, 5) is 38.8. The molecule has 3 aromatic rings. The van der Waals surface area contributed by atoms with E-state index in [9.17, 15) is 14.4 Å². The fraction of sp³-hybridized carbons (Fsp3) is 0.350. The summed E-state index contributed by atoms with van der Waals surface area (Å²) >= 11 is 0. The lowest BCUT2D eigenvalue weighted by Crippen LogP contribution is -2.46. The van der Waals surface area contributed by atoms with Crippen LogP contribution < -0.4 is 10.9 Å². The van der Waals surface area contributed by atoms with Crippen molar-refractivity contribution in [3.63, 3.8) is 0 Å². The third-order valence-electron chi connectivity index (χ3n) is 5.10. The van der Waals surface area contributed by atoms with Crippen molar-refractivity contribution in [3.8, 4) is 0 Å². The first-order valence-electron chi connectivity index (χ1n) is 9.55. The molecule has 2 amide bonds. The van der Waals surface area contributed by atoms with Crippen LogP contribution >= 0.6 is 0 Å². The second-order valence-electron chi connectivity index (χ2n) is 7.03. The van der Waals surface area contributed by atoms with Crippen LogP contribution in [0.1, 0.15) is 29.6 Å². The van der Waals surface area contributed by atoms with E-state index >= 15 is 0 Å². The standard InChI is InChI=1S/C20H21N5O4/c26-18(7-11-25-20(28)16-3-1-2-4-17(16)22-23-25)21-15-5-9-24(10-6-15)19(27)14-8-12-29-13-14/h1-4,8,12-13,15H,5-7,9-11H2,(H,21,26). The number of benzene rings is 1. The van der Waals surface area contributed by atoms with Gasteiger partial charge >= 0.3 is 0 Å². The Morgan fingerprint density at radius 3 is 2.72 bits per heavy atom. The van der Waals surface area contributed by atoms with E-state index in [4.69, 9.17) is 4.42 Å². The minimum atomic E-state index is -0.255. The van der Waals surface area contributed by atoms with Crippen LogP contribution in [-0.4, -0.2) is 50.8 Å². The lowest BCUT2D eigenvalue weighted by Gasteiger charge is -2.32. The number of likely N-dealkylation sites (tertiary alicyclic amines) is 1. The van der Waals surface area contributed by atoms with Crippen LogP contribution in [0.4, 0.5) is 0 Å².